The fourth-order valence-corrected chi connectivity index (χ4v) is 4.64. The molecule has 0 spiro atoms. The normalized spacial score (nSPS) is 17.4. The highest BCUT2D eigenvalue weighted by Gasteiger charge is 2.35. The molecule has 1 aliphatic heterocycles. The summed E-state index contributed by atoms with van der Waals surface area (Å²) < 4.78 is 54.4. The number of benzene rings is 2. The van der Waals surface area contributed by atoms with E-state index in [1.165, 1.54) is 29.1 Å². The van der Waals surface area contributed by atoms with Gasteiger partial charge < -0.3 is 4.90 Å². The highest BCUT2D eigenvalue weighted by atomic mass is 19.4. The maximum absolute atomic E-state index is 13.5. The zero-order valence-electron chi connectivity index (χ0n) is 19.1. The van der Waals surface area contributed by atoms with E-state index < -0.39 is 11.7 Å². The van der Waals surface area contributed by atoms with Crippen molar-refractivity contribution in [2.45, 2.75) is 37.9 Å². The van der Waals surface area contributed by atoms with Crippen LogP contribution in [0.3, 0.4) is 0 Å². The zero-order chi connectivity index (χ0) is 24.6. The van der Waals surface area contributed by atoms with Gasteiger partial charge in [0, 0.05) is 38.6 Å². The van der Waals surface area contributed by atoms with Crippen LogP contribution in [-0.2, 0) is 12.7 Å². The summed E-state index contributed by atoms with van der Waals surface area (Å²) in [5, 5.41) is 4.35. The third-order valence-electron chi connectivity index (χ3n) is 6.61. The Balaban J connectivity index is 1.34. The van der Waals surface area contributed by atoms with Crippen LogP contribution in [0.2, 0.25) is 0 Å². The lowest BCUT2D eigenvalue weighted by molar-refractivity contribution is -0.137. The summed E-state index contributed by atoms with van der Waals surface area (Å²) in [6.45, 7) is 3.32. The van der Waals surface area contributed by atoms with Gasteiger partial charge in [-0.3, -0.25) is 9.69 Å². The van der Waals surface area contributed by atoms with Crippen LogP contribution < -0.4 is 0 Å². The van der Waals surface area contributed by atoms with E-state index in [1.54, 1.807) is 18.2 Å². The number of rotatable bonds is 5. The van der Waals surface area contributed by atoms with E-state index in [-0.39, 0.29) is 17.6 Å². The monoisotopic (exact) mass is 486 g/mol. The van der Waals surface area contributed by atoms with E-state index in [4.69, 9.17) is 0 Å². The van der Waals surface area contributed by atoms with Crippen molar-refractivity contribution in [3.8, 4) is 5.69 Å². The van der Waals surface area contributed by atoms with Gasteiger partial charge in [0.15, 0.2) is 0 Å². The van der Waals surface area contributed by atoms with Crippen LogP contribution in [0, 0.1) is 5.82 Å². The highest BCUT2D eigenvalue weighted by Crippen LogP contribution is 2.43. The third-order valence-corrected chi connectivity index (χ3v) is 6.61. The maximum Gasteiger partial charge on any atom is 0.416 e. The molecule has 1 aromatic heterocycles. The molecule has 2 aliphatic rings. The maximum atomic E-state index is 13.5. The first kappa shape index (κ1) is 23.5. The van der Waals surface area contributed by atoms with Crippen molar-refractivity contribution >= 4 is 5.91 Å². The molecule has 1 amide bonds. The largest absolute Gasteiger partial charge is 0.416 e. The minimum atomic E-state index is -4.45. The molecule has 2 aromatic carbocycles. The molecule has 1 aliphatic carbocycles. The van der Waals surface area contributed by atoms with Gasteiger partial charge >= 0.3 is 6.18 Å². The summed E-state index contributed by atoms with van der Waals surface area (Å²) >= 11 is 0. The average Bonchev–Trinajstić information content (AvgIpc) is 3.62. The predicted molar refractivity (Wildman–Crippen MR) is 123 cm³/mol. The van der Waals surface area contributed by atoms with Crippen LogP contribution in [0.4, 0.5) is 17.6 Å². The minimum Gasteiger partial charge on any atom is -0.337 e. The lowest BCUT2D eigenvalue weighted by atomic mass is 10.1. The summed E-state index contributed by atoms with van der Waals surface area (Å²) in [4.78, 5) is 17.6. The van der Waals surface area contributed by atoms with E-state index >= 15 is 0 Å². The first-order chi connectivity index (χ1) is 16.8. The van der Waals surface area contributed by atoms with Gasteiger partial charge in [-0.05, 0) is 55.2 Å². The molecule has 2 fully saturated rings. The smallest absolute Gasteiger partial charge is 0.337 e. The van der Waals surface area contributed by atoms with Crippen LogP contribution >= 0.6 is 0 Å². The molecule has 2 heterocycles. The fraction of sp³-hybridized carbons (Fsp3) is 0.385. The van der Waals surface area contributed by atoms with Gasteiger partial charge in [0.05, 0.1) is 28.7 Å². The lowest BCUT2D eigenvalue weighted by Gasteiger charge is -2.22. The van der Waals surface area contributed by atoms with Crippen molar-refractivity contribution in [3.05, 3.63) is 82.9 Å². The van der Waals surface area contributed by atoms with Gasteiger partial charge in [-0.25, -0.2) is 9.07 Å². The molecule has 3 aromatic rings. The van der Waals surface area contributed by atoms with Crippen molar-refractivity contribution in [2.24, 2.45) is 0 Å². The molecule has 0 atom stereocenters. The first-order valence-electron chi connectivity index (χ1n) is 11.8. The Kier molecular flexibility index (Phi) is 6.35. The van der Waals surface area contributed by atoms with Crippen molar-refractivity contribution < 1.29 is 22.4 Å². The van der Waals surface area contributed by atoms with Gasteiger partial charge in [-0.15, -0.1) is 0 Å². The van der Waals surface area contributed by atoms with Crippen LogP contribution in [0.1, 0.15) is 52.4 Å². The van der Waals surface area contributed by atoms with E-state index in [1.807, 2.05) is 4.90 Å². The number of alkyl halides is 3. The second kappa shape index (κ2) is 9.45. The molecule has 35 heavy (non-hydrogen) atoms. The molecule has 5 nitrogen and oxygen atoms in total. The summed E-state index contributed by atoms with van der Waals surface area (Å²) in [6.07, 6.45) is -0.384. The van der Waals surface area contributed by atoms with Gasteiger partial charge in [0.1, 0.15) is 5.82 Å². The number of carbonyl (C=O) groups excluding carboxylic acids is 1. The molecule has 1 saturated heterocycles. The molecule has 0 unspecified atom stereocenters. The standard InChI is InChI=1S/C26H26F4N4O/c27-21-9-5-18(6-10-21)17-32-11-2-12-33(14-13-32)25(35)23-16-31-34(24(23)19-7-8-19)22-4-1-3-20(15-22)26(28,29)30/h1,3-6,9-10,15-16,19H,2,7-8,11-14,17H2. The second-order valence-corrected chi connectivity index (χ2v) is 9.23. The van der Waals surface area contributed by atoms with Crippen molar-refractivity contribution in [1.29, 1.82) is 0 Å². The molecular formula is C26H26F4N4O. The second-order valence-electron chi connectivity index (χ2n) is 9.23. The summed E-state index contributed by atoms with van der Waals surface area (Å²) in [7, 11) is 0. The molecule has 1 saturated carbocycles. The average molecular weight is 487 g/mol. The van der Waals surface area contributed by atoms with Crippen LogP contribution in [0.25, 0.3) is 5.69 Å². The summed E-state index contributed by atoms with van der Waals surface area (Å²) in [6, 6.07) is 11.5. The number of halogens is 4. The number of amides is 1. The number of carbonyl (C=O) groups is 1. The Morgan fingerprint density at radius 3 is 2.49 bits per heavy atom. The quantitative estimate of drug-likeness (QED) is 0.463. The third kappa shape index (κ3) is 5.24. The van der Waals surface area contributed by atoms with Crippen LogP contribution in [-0.4, -0.2) is 51.7 Å². The minimum absolute atomic E-state index is 0.118. The Morgan fingerprint density at radius 2 is 1.77 bits per heavy atom. The molecule has 9 heteroatoms. The Labute approximate surface area is 200 Å². The van der Waals surface area contributed by atoms with Gasteiger partial charge in [-0.2, -0.15) is 18.3 Å². The van der Waals surface area contributed by atoms with Crippen molar-refractivity contribution in [3.63, 3.8) is 0 Å². The van der Waals surface area contributed by atoms with E-state index in [2.05, 4.69) is 10.00 Å². The topological polar surface area (TPSA) is 41.4 Å². The SMILES string of the molecule is O=C(c1cnn(-c2cccc(C(F)(F)F)c2)c1C1CC1)N1CCCN(Cc2ccc(F)cc2)CC1. The first-order valence-corrected chi connectivity index (χ1v) is 11.8. The number of hydrogen-bond acceptors (Lipinski definition) is 3. The van der Waals surface area contributed by atoms with Crippen LogP contribution in [0.5, 0.6) is 0 Å². The predicted octanol–water partition coefficient (Wildman–Crippen LogP) is 5.26. The van der Waals surface area contributed by atoms with Gasteiger partial charge in [0.2, 0.25) is 0 Å². The number of hydrogen-bond donors (Lipinski definition) is 0. The molecule has 0 bridgehead atoms. The molecule has 5 rings (SSSR count). The fourth-order valence-electron chi connectivity index (χ4n) is 4.64. The molecule has 0 radical (unpaired) electrons. The van der Waals surface area contributed by atoms with Crippen LogP contribution in [0.15, 0.2) is 54.7 Å². The molecular weight excluding hydrogens is 460 g/mol. The molecule has 184 valence electrons. The Bertz CT molecular complexity index is 1200. The lowest BCUT2D eigenvalue weighted by Crippen LogP contribution is -2.35. The van der Waals surface area contributed by atoms with E-state index in [0.717, 1.165) is 43.5 Å². The van der Waals surface area contributed by atoms with Crippen molar-refractivity contribution in [1.82, 2.24) is 19.6 Å². The summed E-state index contributed by atoms with van der Waals surface area (Å²) in [5.41, 5.74) is 1.75. The Morgan fingerprint density at radius 1 is 1.00 bits per heavy atom. The van der Waals surface area contributed by atoms with E-state index in [0.29, 0.717) is 43.1 Å². The zero-order valence-corrected chi connectivity index (χ0v) is 19.1. The Hall–Kier alpha value is -3.20. The van der Waals surface area contributed by atoms with Gasteiger partial charge in [0.25, 0.3) is 5.91 Å². The highest BCUT2D eigenvalue weighted by molar-refractivity contribution is 5.95. The number of nitrogens with zero attached hydrogens (tertiary/aromatic N) is 4. The van der Waals surface area contributed by atoms with Gasteiger partial charge in [-0.1, -0.05) is 18.2 Å². The van der Waals surface area contributed by atoms with E-state index in [9.17, 15) is 22.4 Å². The summed E-state index contributed by atoms with van der Waals surface area (Å²) in [5.74, 6) is -0.278. The van der Waals surface area contributed by atoms with Crippen molar-refractivity contribution in [2.75, 3.05) is 26.2 Å². The number of aromatic nitrogens is 2. The molecule has 0 N–H and O–H groups in total.